The van der Waals surface area contributed by atoms with Crippen LogP contribution in [-0.2, 0) is 16.8 Å². The molecule has 1 N–H and O–H groups in total. The van der Waals surface area contributed by atoms with Gasteiger partial charge in [-0.1, -0.05) is 74.5 Å². The van der Waals surface area contributed by atoms with Gasteiger partial charge in [0.1, 0.15) is 5.78 Å². The van der Waals surface area contributed by atoms with E-state index in [2.05, 4.69) is 73.8 Å². The number of carbonyl (C=O) groups is 1. The molecule has 3 atom stereocenters. The highest BCUT2D eigenvalue weighted by molar-refractivity contribution is 5.81. The van der Waals surface area contributed by atoms with Crippen LogP contribution in [0, 0.1) is 5.92 Å². The Morgan fingerprint density at radius 1 is 1.00 bits per heavy atom. The lowest BCUT2D eigenvalue weighted by Crippen LogP contribution is -2.54. The first-order valence-corrected chi connectivity index (χ1v) is 8.45. The number of benzene rings is 2. The fourth-order valence-corrected chi connectivity index (χ4v) is 3.82. The molecule has 2 heteroatoms. The molecule has 0 amide bonds. The van der Waals surface area contributed by atoms with Gasteiger partial charge in [-0.3, -0.25) is 4.79 Å². The van der Waals surface area contributed by atoms with E-state index in [1.807, 2.05) is 6.07 Å². The third-order valence-corrected chi connectivity index (χ3v) is 5.50. The summed E-state index contributed by atoms with van der Waals surface area (Å²) in [5.41, 5.74) is 2.56. The van der Waals surface area contributed by atoms with E-state index >= 15 is 0 Å². The molecule has 0 aromatic heterocycles. The van der Waals surface area contributed by atoms with Gasteiger partial charge in [-0.25, -0.2) is 0 Å². The van der Waals surface area contributed by atoms with Gasteiger partial charge in [0.05, 0.1) is 0 Å². The molecule has 3 rings (SSSR count). The summed E-state index contributed by atoms with van der Waals surface area (Å²) in [6.07, 6.45) is 1.29. The fraction of sp³-hybridized carbons (Fsp3) is 0.381. The lowest BCUT2D eigenvalue weighted by Gasteiger charge is -2.46. The van der Waals surface area contributed by atoms with Gasteiger partial charge in [0.25, 0.3) is 0 Å². The molecule has 0 aliphatic heterocycles. The Morgan fingerprint density at radius 3 is 2.26 bits per heavy atom. The largest absolute Gasteiger partial charge is 0.309 e. The summed E-state index contributed by atoms with van der Waals surface area (Å²) < 4.78 is 0. The van der Waals surface area contributed by atoms with E-state index < -0.39 is 0 Å². The van der Waals surface area contributed by atoms with Crippen LogP contribution >= 0.6 is 0 Å². The normalized spacial score (nSPS) is 27.8. The summed E-state index contributed by atoms with van der Waals surface area (Å²) in [5, 5.41) is 3.67. The molecular formula is C21H25NO. The number of Topliss-reactive ketones (excluding diaryl/α,β-unsaturated/α-hetero) is 1. The zero-order valence-electron chi connectivity index (χ0n) is 14.0. The second-order valence-electron chi connectivity index (χ2n) is 6.92. The van der Waals surface area contributed by atoms with Crippen molar-refractivity contribution in [2.45, 2.75) is 44.7 Å². The van der Waals surface area contributed by atoms with Crippen LogP contribution in [0.2, 0.25) is 0 Å². The summed E-state index contributed by atoms with van der Waals surface area (Å²) in [5.74, 6) is 0.705. The highest BCUT2D eigenvalue weighted by Crippen LogP contribution is 2.42. The molecule has 1 fully saturated rings. The predicted octanol–water partition coefficient (Wildman–Crippen LogP) is 4.10. The van der Waals surface area contributed by atoms with Gasteiger partial charge in [0, 0.05) is 30.8 Å². The Morgan fingerprint density at radius 2 is 1.61 bits per heavy atom. The number of hydrogen-bond acceptors (Lipinski definition) is 2. The summed E-state index contributed by atoms with van der Waals surface area (Å²) in [6.45, 7) is 5.32. The van der Waals surface area contributed by atoms with Gasteiger partial charge in [0.15, 0.2) is 0 Å². The van der Waals surface area contributed by atoms with E-state index in [-0.39, 0.29) is 11.5 Å². The molecule has 0 saturated heterocycles. The quantitative estimate of drug-likeness (QED) is 0.921. The van der Waals surface area contributed by atoms with Gasteiger partial charge in [0.2, 0.25) is 0 Å². The van der Waals surface area contributed by atoms with Crippen LogP contribution in [-0.4, -0.2) is 11.8 Å². The molecule has 23 heavy (non-hydrogen) atoms. The molecule has 0 radical (unpaired) electrons. The molecule has 2 nitrogen and oxygen atoms in total. The smallest absolute Gasteiger partial charge is 0.134 e. The van der Waals surface area contributed by atoms with Gasteiger partial charge in [-0.15, -0.1) is 0 Å². The van der Waals surface area contributed by atoms with E-state index in [4.69, 9.17) is 0 Å². The van der Waals surface area contributed by atoms with Crippen molar-refractivity contribution in [1.82, 2.24) is 5.32 Å². The van der Waals surface area contributed by atoms with Crippen molar-refractivity contribution >= 4 is 5.78 Å². The van der Waals surface area contributed by atoms with E-state index in [0.717, 1.165) is 6.54 Å². The molecule has 1 saturated carbocycles. The molecule has 2 aromatic rings. The van der Waals surface area contributed by atoms with Crippen molar-refractivity contribution in [2.75, 3.05) is 0 Å². The molecule has 2 aromatic carbocycles. The lowest BCUT2D eigenvalue weighted by atomic mass is 9.61. The lowest BCUT2D eigenvalue weighted by molar-refractivity contribution is -0.124. The van der Waals surface area contributed by atoms with Crippen molar-refractivity contribution in [3.05, 3.63) is 71.8 Å². The maximum atomic E-state index is 12.2. The summed E-state index contributed by atoms with van der Waals surface area (Å²) >= 11 is 0. The Labute approximate surface area is 138 Å². The van der Waals surface area contributed by atoms with Crippen LogP contribution in [0.5, 0.6) is 0 Å². The summed E-state index contributed by atoms with van der Waals surface area (Å²) in [4.78, 5) is 12.2. The van der Waals surface area contributed by atoms with Gasteiger partial charge < -0.3 is 5.32 Å². The first-order chi connectivity index (χ1) is 11.1. The van der Waals surface area contributed by atoms with E-state index in [1.165, 1.54) is 11.1 Å². The molecule has 1 aliphatic carbocycles. The highest BCUT2D eigenvalue weighted by Gasteiger charge is 2.45. The van der Waals surface area contributed by atoms with Crippen LogP contribution in [0.15, 0.2) is 60.7 Å². The molecule has 1 unspecified atom stereocenters. The molecule has 120 valence electrons. The minimum atomic E-state index is -0.0239. The average molecular weight is 307 g/mol. The Hall–Kier alpha value is -1.93. The number of ketones is 1. The molecular weight excluding hydrogens is 282 g/mol. The first kappa shape index (κ1) is 15.9. The topological polar surface area (TPSA) is 29.1 Å². The van der Waals surface area contributed by atoms with Crippen LogP contribution in [0.3, 0.4) is 0 Å². The third-order valence-electron chi connectivity index (χ3n) is 5.50. The van der Waals surface area contributed by atoms with Crippen LogP contribution in [0.4, 0.5) is 0 Å². The van der Waals surface area contributed by atoms with Crippen LogP contribution in [0.25, 0.3) is 0 Å². The van der Waals surface area contributed by atoms with E-state index in [9.17, 15) is 4.79 Å². The zero-order valence-corrected chi connectivity index (χ0v) is 14.0. The number of nitrogens with one attached hydrogen (secondary N) is 1. The van der Waals surface area contributed by atoms with Crippen molar-refractivity contribution in [1.29, 1.82) is 0 Å². The Balaban J connectivity index is 1.86. The standard InChI is InChI=1S/C21H25NO/c1-16-13-19(23)14-20(22-15-17-9-5-3-6-10-17)21(16,2)18-11-7-4-8-12-18/h3-12,16,20,22H,13-15H2,1-2H3/t16-,20?,21-/m1/s1. The second-order valence-corrected chi connectivity index (χ2v) is 6.92. The van der Waals surface area contributed by atoms with Crippen molar-refractivity contribution in [2.24, 2.45) is 5.92 Å². The fourth-order valence-electron chi connectivity index (χ4n) is 3.82. The minimum Gasteiger partial charge on any atom is -0.309 e. The average Bonchev–Trinajstić information content (AvgIpc) is 2.58. The molecule has 0 bridgehead atoms. The van der Waals surface area contributed by atoms with Crippen molar-refractivity contribution in [3.8, 4) is 0 Å². The maximum Gasteiger partial charge on any atom is 0.134 e. The first-order valence-electron chi connectivity index (χ1n) is 8.45. The Kier molecular flexibility index (Phi) is 4.63. The SMILES string of the molecule is C[C@@H]1CC(=O)CC(NCc2ccccc2)[C@@]1(C)c1ccccc1. The zero-order chi connectivity index (χ0) is 16.3. The van der Waals surface area contributed by atoms with E-state index in [1.54, 1.807) is 0 Å². The van der Waals surface area contributed by atoms with Crippen molar-refractivity contribution in [3.63, 3.8) is 0 Å². The van der Waals surface area contributed by atoms with Crippen molar-refractivity contribution < 1.29 is 4.79 Å². The van der Waals surface area contributed by atoms with E-state index in [0.29, 0.717) is 24.5 Å². The van der Waals surface area contributed by atoms with Gasteiger partial charge in [-0.05, 0) is 17.0 Å². The molecule has 0 spiro atoms. The molecule has 0 heterocycles. The number of rotatable bonds is 4. The highest BCUT2D eigenvalue weighted by atomic mass is 16.1. The number of hydrogen-bond donors (Lipinski definition) is 1. The predicted molar refractivity (Wildman–Crippen MR) is 94.3 cm³/mol. The minimum absolute atomic E-state index is 0.0239. The monoisotopic (exact) mass is 307 g/mol. The summed E-state index contributed by atoms with van der Waals surface area (Å²) in [7, 11) is 0. The second kappa shape index (κ2) is 6.67. The number of carbonyl (C=O) groups excluding carboxylic acids is 1. The molecule has 1 aliphatic rings. The van der Waals surface area contributed by atoms with Gasteiger partial charge in [-0.2, -0.15) is 0 Å². The van der Waals surface area contributed by atoms with Crippen LogP contribution < -0.4 is 5.32 Å². The maximum absolute atomic E-state index is 12.2. The third kappa shape index (κ3) is 3.23. The summed E-state index contributed by atoms with van der Waals surface area (Å²) in [6, 6.07) is 21.2. The Bertz CT molecular complexity index is 652. The van der Waals surface area contributed by atoms with Gasteiger partial charge >= 0.3 is 0 Å². The van der Waals surface area contributed by atoms with Crippen LogP contribution in [0.1, 0.15) is 37.8 Å².